The predicted octanol–water partition coefficient (Wildman–Crippen LogP) is 2.94. The van der Waals surface area contributed by atoms with E-state index in [-0.39, 0.29) is 23.4 Å². The number of nitrogens with one attached hydrogen (secondary N) is 4. The van der Waals surface area contributed by atoms with E-state index in [1.807, 2.05) is 12.1 Å². The Morgan fingerprint density at radius 2 is 1.86 bits per heavy atom. The molecule has 0 bridgehead atoms. The number of aromatic amines is 1. The molecule has 1 saturated carbocycles. The Bertz CT molecular complexity index is 1130. The summed E-state index contributed by atoms with van der Waals surface area (Å²) >= 11 is 0. The highest BCUT2D eigenvalue weighted by Crippen LogP contribution is 2.31. The summed E-state index contributed by atoms with van der Waals surface area (Å²) in [6.07, 6.45) is 6.93. The predicted molar refractivity (Wildman–Crippen MR) is 137 cm³/mol. The number of amides is 1. The molecular weight excluding hydrogens is 446 g/mol. The third-order valence-electron chi connectivity index (χ3n) is 6.96. The zero-order chi connectivity index (χ0) is 24.9. The number of H-pyrrole nitrogens is 1. The molecule has 4 rings (SSSR count). The Morgan fingerprint density at radius 3 is 2.49 bits per heavy atom. The maximum absolute atomic E-state index is 13.1. The fourth-order valence-corrected chi connectivity index (χ4v) is 5.11. The lowest BCUT2D eigenvalue weighted by Crippen LogP contribution is -2.44. The van der Waals surface area contributed by atoms with Crippen LogP contribution in [0.15, 0.2) is 16.9 Å². The number of ether oxygens (including phenoxy) is 1. The van der Waals surface area contributed by atoms with Gasteiger partial charge in [0.2, 0.25) is 11.8 Å². The lowest BCUT2D eigenvalue weighted by molar-refractivity contribution is -0.119. The fraction of sp³-hybridized carbons (Fsp3) is 0.560. The first-order valence-corrected chi connectivity index (χ1v) is 12.4. The minimum absolute atomic E-state index is 0.00470. The number of carbonyl (C=O) groups excluding carboxylic acids is 1. The third kappa shape index (κ3) is 5.47. The Hall–Kier alpha value is -3.43. The molecule has 0 spiro atoms. The normalized spacial score (nSPS) is 17.2. The fourth-order valence-electron chi connectivity index (χ4n) is 5.11. The van der Waals surface area contributed by atoms with Gasteiger partial charge in [-0.05, 0) is 37.8 Å². The van der Waals surface area contributed by atoms with E-state index in [1.54, 1.807) is 21.1 Å². The van der Waals surface area contributed by atoms with Crippen molar-refractivity contribution in [3.63, 3.8) is 0 Å². The van der Waals surface area contributed by atoms with Gasteiger partial charge in [-0.2, -0.15) is 4.98 Å². The second-order valence-electron chi connectivity index (χ2n) is 9.32. The minimum atomic E-state index is -0.332. The molecule has 188 valence electrons. The van der Waals surface area contributed by atoms with Crippen LogP contribution in [0.1, 0.15) is 57.4 Å². The van der Waals surface area contributed by atoms with Crippen molar-refractivity contribution in [3.05, 3.63) is 28.0 Å². The molecule has 10 nitrogen and oxygen atoms in total. The quantitative estimate of drug-likeness (QED) is 0.446. The van der Waals surface area contributed by atoms with Gasteiger partial charge in [-0.25, -0.2) is 4.98 Å². The van der Waals surface area contributed by atoms with Crippen LogP contribution in [-0.2, 0) is 4.79 Å². The molecule has 1 amide bonds. The van der Waals surface area contributed by atoms with Crippen LogP contribution in [0.5, 0.6) is 5.88 Å². The summed E-state index contributed by atoms with van der Waals surface area (Å²) in [7, 11) is 3.26. The van der Waals surface area contributed by atoms with Gasteiger partial charge in [0.15, 0.2) is 0 Å². The molecular formula is C25H35N7O3. The summed E-state index contributed by atoms with van der Waals surface area (Å²) in [6.45, 7) is 3.09. The van der Waals surface area contributed by atoms with Crippen LogP contribution in [0.2, 0.25) is 0 Å². The van der Waals surface area contributed by atoms with Crippen molar-refractivity contribution in [2.24, 2.45) is 5.92 Å². The zero-order valence-electron chi connectivity index (χ0n) is 20.7. The molecule has 2 fully saturated rings. The van der Waals surface area contributed by atoms with Gasteiger partial charge in [-0.3, -0.25) is 9.59 Å². The van der Waals surface area contributed by atoms with Gasteiger partial charge in [0, 0.05) is 39.0 Å². The van der Waals surface area contributed by atoms with Crippen molar-refractivity contribution in [2.45, 2.75) is 57.9 Å². The highest BCUT2D eigenvalue weighted by atomic mass is 16.5. The highest BCUT2D eigenvalue weighted by Gasteiger charge is 2.26. The second-order valence-corrected chi connectivity index (χ2v) is 9.32. The Balaban J connectivity index is 1.59. The van der Waals surface area contributed by atoms with E-state index in [9.17, 15) is 9.59 Å². The van der Waals surface area contributed by atoms with E-state index in [1.165, 1.54) is 6.42 Å². The number of aromatic nitrogens is 3. The smallest absolute Gasteiger partial charge is 0.262 e. The third-order valence-corrected chi connectivity index (χ3v) is 6.96. The van der Waals surface area contributed by atoms with Crippen molar-refractivity contribution < 1.29 is 9.53 Å². The SMILES string of the molecule is CNc1nc(-c2ccc(N3CCC(NC(C)=O)CC3)nc2OC)[nH]c(=O)c1C(=N)C1CCCCC1. The topological polar surface area (TPSA) is 136 Å². The number of rotatable bonds is 7. The largest absolute Gasteiger partial charge is 0.480 e. The second kappa shape index (κ2) is 10.9. The summed E-state index contributed by atoms with van der Waals surface area (Å²) in [5.74, 6) is 1.97. The van der Waals surface area contributed by atoms with Crippen molar-refractivity contribution in [2.75, 3.05) is 37.5 Å². The van der Waals surface area contributed by atoms with Crippen LogP contribution in [-0.4, -0.2) is 59.9 Å². The molecule has 0 atom stereocenters. The van der Waals surface area contributed by atoms with Crippen LogP contribution >= 0.6 is 0 Å². The Morgan fingerprint density at radius 1 is 1.14 bits per heavy atom. The Labute approximate surface area is 205 Å². The number of hydrogen-bond acceptors (Lipinski definition) is 8. The summed E-state index contributed by atoms with van der Waals surface area (Å²) in [6, 6.07) is 3.93. The van der Waals surface area contributed by atoms with Crippen LogP contribution in [0, 0.1) is 11.3 Å². The van der Waals surface area contributed by atoms with E-state index >= 15 is 0 Å². The van der Waals surface area contributed by atoms with Gasteiger partial charge in [0.25, 0.3) is 5.56 Å². The number of pyridine rings is 1. The zero-order valence-corrected chi connectivity index (χ0v) is 20.7. The molecule has 2 aromatic heterocycles. The van der Waals surface area contributed by atoms with Crippen LogP contribution in [0.3, 0.4) is 0 Å². The molecule has 1 aliphatic heterocycles. The summed E-state index contributed by atoms with van der Waals surface area (Å²) in [5.41, 5.74) is 0.918. The monoisotopic (exact) mass is 481 g/mol. The van der Waals surface area contributed by atoms with Crippen molar-refractivity contribution >= 4 is 23.3 Å². The van der Waals surface area contributed by atoms with E-state index in [0.29, 0.717) is 34.4 Å². The number of methoxy groups -OCH3 is 1. The Kier molecular flexibility index (Phi) is 7.67. The molecule has 2 aliphatic rings. The lowest BCUT2D eigenvalue weighted by Gasteiger charge is -2.33. The molecule has 0 radical (unpaired) electrons. The van der Waals surface area contributed by atoms with Gasteiger partial charge in [0.05, 0.1) is 18.4 Å². The maximum Gasteiger partial charge on any atom is 0.262 e. The average Bonchev–Trinajstić information content (AvgIpc) is 2.88. The van der Waals surface area contributed by atoms with E-state index in [4.69, 9.17) is 10.1 Å². The molecule has 2 aromatic rings. The summed E-state index contributed by atoms with van der Waals surface area (Å²) in [4.78, 5) is 38.8. The first-order chi connectivity index (χ1) is 16.9. The lowest BCUT2D eigenvalue weighted by atomic mass is 9.83. The molecule has 1 saturated heterocycles. The van der Waals surface area contributed by atoms with Crippen molar-refractivity contribution in [3.8, 4) is 17.3 Å². The number of piperidine rings is 1. The van der Waals surface area contributed by atoms with E-state index in [0.717, 1.165) is 57.4 Å². The standard InChI is InChI=1S/C25H35N7O3/c1-15(33)28-17-11-13-32(14-12-17)19-10-9-18(25(29-19)35-3)22-30-23(27-2)20(24(34)31-22)21(26)16-7-5-4-6-8-16/h9-10,16-17,26H,4-8,11-14H2,1-3H3,(H,28,33)(H2,27,30,31,34). The average molecular weight is 482 g/mol. The molecule has 35 heavy (non-hydrogen) atoms. The molecule has 3 heterocycles. The van der Waals surface area contributed by atoms with E-state index in [2.05, 4.69) is 30.5 Å². The van der Waals surface area contributed by atoms with E-state index < -0.39 is 0 Å². The van der Waals surface area contributed by atoms with Crippen LogP contribution < -0.4 is 25.8 Å². The molecule has 1 aliphatic carbocycles. The van der Waals surface area contributed by atoms with Crippen molar-refractivity contribution in [1.29, 1.82) is 5.41 Å². The van der Waals surface area contributed by atoms with Crippen LogP contribution in [0.25, 0.3) is 11.4 Å². The van der Waals surface area contributed by atoms with Gasteiger partial charge in [-0.1, -0.05) is 19.3 Å². The van der Waals surface area contributed by atoms with Gasteiger partial charge < -0.3 is 30.7 Å². The molecule has 10 heteroatoms. The summed E-state index contributed by atoms with van der Waals surface area (Å²) in [5, 5.41) is 14.7. The molecule has 4 N–H and O–H groups in total. The minimum Gasteiger partial charge on any atom is -0.480 e. The highest BCUT2D eigenvalue weighted by molar-refractivity contribution is 6.03. The van der Waals surface area contributed by atoms with Crippen LogP contribution in [0.4, 0.5) is 11.6 Å². The number of nitrogens with zero attached hydrogens (tertiary/aromatic N) is 3. The maximum atomic E-state index is 13.1. The number of carbonyl (C=O) groups is 1. The van der Waals surface area contributed by atoms with Gasteiger partial charge >= 0.3 is 0 Å². The first kappa shape index (κ1) is 24.7. The number of anilines is 2. The summed E-state index contributed by atoms with van der Waals surface area (Å²) < 4.78 is 5.57. The first-order valence-electron chi connectivity index (χ1n) is 12.4. The number of hydrogen-bond donors (Lipinski definition) is 4. The molecule has 0 aromatic carbocycles. The van der Waals surface area contributed by atoms with Gasteiger partial charge in [0.1, 0.15) is 23.0 Å². The van der Waals surface area contributed by atoms with Crippen molar-refractivity contribution in [1.82, 2.24) is 20.3 Å². The molecule has 0 unspecified atom stereocenters. The van der Waals surface area contributed by atoms with Gasteiger partial charge in [-0.15, -0.1) is 0 Å².